The molecule has 0 amide bonds. The summed E-state index contributed by atoms with van der Waals surface area (Å²) in [7, 11) is 0. The van der Waals surface area contributed by atoms with E-state index in [1.807, 2.05) is 4.90 Å². The number of hydrogen-bond acceptors (Lipinski definition) is 4. The zero-order valence-corrected chi connectivity index (χ0v) is 10.9. The largest absolute Gasteiger partial charge is 0.411 e. The number of halogens is 2. The van der Waals surface area contributed by atoms with E-state index >= 15 is 0 Å². The molecule has 4 nitrogen and oxygen atoms in total. The summed E-state index contributed by atoms with van der Waals surface area (Å²) in [5, 5.41) is 12.4. The van der Waals surface area contributed by atoms with Gasteiger partial charge in [-0.25, -0.2) is 8.78 Å². The van der Waals surface area contributed by atoms with Gasteiger partial charge in [0, 0.05) is 17.5 Å². The third-order valence-electron chi connectivity index (χ3n) is 3.62. The molecule has 1 heterocycles. The van der Waals surface area contributed by atoms with E-state index in [-0.39, 0.29) is 17.2 Å². The Hall–Kier alpha value is -1.82. The highest BCUT2D eigenvalue weighted by molar-refractivity contribution is 6.02. The van der Waals surface area contributed by atoms with E-state index in [9.17, 15) is 13.6 Å². The minimum absolute atomic E-state index is 0.0946. The fraction of sp³-hybridized carbons (Fsp3) is 0.429. The standard InChI is InChI=1S/C14H16F2N2O2/c15-11-1-2-12(13(16)9-11)14(17-20)10-3-5-18(6-4-10)7-8-19/h1-2,8-10,20H,3-7H2. The second kappa shape index (κ2) is 6.56. The first-order valence-electron chi connectivity index (χ1n) is 6.49. The first-order chi connectivity index (χ1) is 9.65. The molecule has 1 fully saturated rings. The van der Waals surface area contributed by atoms with Crippen LogP contribution in [0.5, 0.6) is 0 Å². The number of piperidine rings is 1. The van der Waals surface area contributed by atoms with E-state index in [2.05, 4.69) is 5.16 Å². The van der Waals surface area contributed by atoms with Gasteiger partial charge in [0.2, 0.25) is 0 Å². The highest BCUT2D eigenvalue weighted by atomic mass is 19.1. The van der Waals surface area contributed by atoms with Crippen molar-refractivity contribution in [3.63, 3.8) is 0 Å². The molecule has 0 saturated carbocycles. The number of nitrogens with zero attached hydrogens (tertiary/aromatic N) is 2. The summed E-state index contributed by atoms with van der Waals surface area (Å²) in [5.41, 5.74) is 0.371. The van der Waals surface area contributed by atoms with Crippen molar-refractivity contribution in [2.24, 2.45) is 11.1 Å². The van der Waals surface area contributed by atoms with Crippen LogP contribution in [0.1, 0.15) is 18.4 Å². The van der Waals surface area contributed by atoms with Crippen LogP contribution in [0.4, 0.5) is 8.78 Å². The van der Waals surface area contributed by atoms with Gasteiger partial charge in [0.1, 0.15) is 17.9 Å². The third kappa shape index (κ3) is 3.19. The van der Waals surface area contributed by atoms with Gasteiger partial charge in [0.15, 0.2) is 0 Å². The molecule has 2 rings (SSSR count). The first kappa shape index (κ1) is 14.6. The van der Waals surface area contributed by atoms with Crippen molar-refractivity contribution in [1.82, 2.24) is 4.90 Å². The molecular formula is C14H16F2N2O2. The van der Waals surface area contributed by atoms with E-state index < -0.39 is 11.6 Å². The van der Waals surface area contributed by atoms with Crippen LogP contribution < -0.4 is 0 Å². The lowest BCUT2D eigenvalue weighted by Gasteiger charge is -2.30. The number of aldehydes is 1. The van der Waals surface area contributed by atoms with Crippen molar-refractivity contribution in [2.75, 3.05) is 19.6 Å². The Morgan fingerprint density at radius 1 is 1.40 bits per heavy atom. The second-order valence-electron chi connectivity index (χ2n) is 4.85. The third-order valence-corrected chi connectivity index (χ3v) is 3.62. The number of carbonyl (C=O) groups excluding carboxylic acids is 1. The van der Waals surface area contributed by atoms with Gasteiger partial charge in [0.25, 0.3) is 0 Å². The van der Waals surface area contributed by atoms with Gasteiger partial charge in [0.05, 0.1) is 12.3 Å². The van der Waals surface area contributed by atoms with Gasteiger partial charge in [-0.1, -0.05) is 5.16 Å². The number of oxime groups is 1. The van der Waals surface area contributed by atoms with Crippen LogP contribution in [0.2, 0.25) is 0 Å². The molecule has 0 atom stereocenters. The Balaban J connectivity index is 2.12. The van der Waals surface area contributed by atoms with Gasteiger partial charge < -0.3 is 10.0 Å². The molecule has 0 spiro atoms. The molecule has 1 aliphatic heterocycles. The molecule has 1 saturated heterocycles. The van der Waals surface area contributed by atoms with Crippen LogP contribution in [0, 0.1) is 17.6 Å². The van der Waals surface area contributed by atoms with Gasteiger partial charge >= 0.3 is 0 Å². The molecule has 0 aromatic heterocycles. The minimum atomic E-state index is -0.729. The maximum Gasteiger partial charge on any atom is 0.135 e. The topological polar surface area (TPSA) is 52.9 Å². The Kier molecular flexibility index (Phi) is 4.79. The molecule has 0 bridgehead atoms. The molecule has 1 aliphatic rings. The van der Waals surface area contributed by atoms with E-state index in [1.54, 1.807) is 0 Å². The Labute approximate surface area is 115 Å². The average molecular weight is 282 g/mol. The van der Waals surface area contributed by atoms with E-state index in [0.29, 0.717) is 32.5 Å². The van der Waals surface area contributed by atoms with Gasteiger partial charge in [-0.3, -0.25) is 4.90 Å². The molecule has 0 radical (unpaired) electrons. The zero-order chi connectivity index (χ0) is 14.5. The van der Waals surface area contributed by atoms with Crippen LogP contribution in [0.15, 0.2) is 23.4 Å². The maximum absolute atomic E-state index is 13.8. The Morgan fingerprint density at radius 2 is 2.10 bits per heavy atom. The van der Waals surface area contributed by atoms with Crippen molar-refractivity contribution in [3.05, 3.63) is 35.4 Å². The number of carbonyl (C=O) groups is 1. The summed E-state index contributed by atoms with van der Waals surface area (Å²) < 4.78 is 26.7. The SMILES string of the molecule is O=CCN1CCC(C(=NO)c2ccc(F)cc2F)CC1. The highest BCUT2D eigenvalue weighted by Gasteiger charge is 2.26. The van der Waals surface area contributed by atoms with Crippen LogP contribution in [-0.4, -0.2) is 41.7 Å². The average Bonchev–Trinajstić information content (AvgIpc) is 2.44. The lowest BCUT2D eigenvalue weighted by atomic mass is 9.88. The number of likely N-dealkylation sites (tertiary alicyclic amines) is 1. The number of hydrogen-bond donors (Lipinski definition) is 1. The quantitative estimate of drug-likeness (QED) is 0.398. The molecule has 0 aliphatic carbocycles. The van der Waals surface area contributed by atoms with Gasteiger partial charge in [-0.05, 0) is 38.1 Å². The summed E-state index contributed by atoms with van der Waals surface area (Å²) in [6.45, 7) is 1.75. The maximum atomic E-state index is 13.8. The predicted octanol–water partition coefficient (Wildman–Crippen LogP) is 2.05. The molecule has 6 heteroatoms. The normalized spacial score (nSPS) is 18.2. The molecule has 1 aromatic carbocycles. The molecule has 1 aromatic rings. The highest BCUT2D eigenvalue weighted by Crippen LogP contribution is 2.24. The fourth-order valence-electron chi connectivity index (χ4n) is 2.55. The van der Waals surface area contributed by atoms with Crippen molar-refractivity contribution in [1.29, 1.82) is 0 Å². The van der Waals surface area contributed by atoms with Crippen molar-refractivity contribution < 1.29 is 18.8 Å². The van der Waals surface area contributed by atoms with E-state index in [0.717, 1.165) is 18.4 Å². The number of rotatable bonds is 4. The Bertz CT molecular complexity index is 512. The van der Waals surface area contributed by atoms with Crippen LogP contribution in [-0.2, 0) is 4.79 Å². The zero-order valence-electron chi connectivity index (χ0n) is 10.9. The molecule has 1 N–H and O–H groups in total. The molecule has 108 valence electrons. The van der Waals surface area contributed by atoms with Crippen LogP contribution in [0.3, 0.4) is 0 Å². The number of benzene rings is 1. The summed E-state index contributed by atoms with van der Waals surface area (Å²) in [5.74, 6) is -1.49. The molecular weight excluding hydrogens is 266 g/mol. The van der Waals surface area contributed by atoms with Crippen molar-refractivity contribution in [3.8, 4) is 0 Å². The van der Waals surface area contributed by atoms with E-state index in [4.69, 9.17) is 5.21 Å². The molecule has 0 unspecified atom stereocenters. The predicted molar refractivity (Wildman–Crippen MR) is 69.9 cm³/mol. The second-order valence-corrected chi connectivity index (χ2v) is 4.85. The van der Waals surface area contributed by atoms with Crippen LogP contribution >= 0.6 is 0 Å². The smallest absolute Gasteiger partial charge is 0.135 e. The van der Waals surface area contributed by atoms with Crippen molar-refractivity contribution in [2.45, 2.75) is 12.8 Å². The van der Waals surface area contributed by atoms with E-state index in [1.165, 1.54) is 6.07 Å². The van der Waals surface area contributed by atoms with Gasteiger partial charge in [-0.2, -0.15) is 0 Å². The summed E-state index contributed by atoms with van der Waals surface area (Å²) in [6.07, 6.45) is 2.19. The fourth-order valence-corrected chi connectivity index (χ4v) is 2.55. The summed E-state index contributed by atoms with van der Waals surface area (Å²) in [4.78, 5) is 12.4. The summed E-state index contributed by atoms with van der Waals surface area (Å²) >= 11 is 0. The minimum Gasteiger partial charge on any atom is -0.411 e. The lowest BCUT2D eigenvalue weighted by molar-refractivity contribution is -0.109. The van der Waals surface area contributed by atoms with Gasteiger partial charge in [-0.15, -0.1) is 0 Å². The monoisotopic (exact) mass is 282 g/mol. The first-order valence-corrected chi connectivity index (χ1v) is 6.49. The summed E-state index contributed by atoms with van der Waals surface area (Å²) in [6, 6.07) is 3.21. The lowest BCUT2D eigenvalue weighted by Crippen LogP contribution is -2.37. The van der Waals surface area contributed by atoms with Crippen LogP contribution in [0.25, 0.3) is 0 Å². The molecule has 20 heavy (non-hydrogen) atoms. The Morgan fingerprint density at radius 3 is 2.65 bits per heavy atom. The van der Waals surface area contributed by atoms with Crippen molar-refractivity contribution >= 4 is 12.0 Å².